The van der Waals surface area contributed by atoms with E-state index in [9.17, 15) is 4.79 Å². The minimum Gasteiger partial charge on any atom is -0.359 e. The molecule has 1 aliphatic rings. The van der Waals surface area contributed by atoms with Gasteiger partial charge in [-0.25, -0.2) is 0 Å². The van der Waals surface area contributed by atoms with E-state index in [1.807, 2.05) is 26.0 Å². The van der Waals surface area contributed by atoms with Crippen LogP contribution in [0.1, 0.15) is 37.3 Å². The van der Waals surface area contributed by atoms with Crippen LogP contribution < -0.4 is 5.32 Å². The second-order valence-electron chi connectivity index (χ2n) is 4.60. The number of benzene rings is 2. The summed E-state index contributed by atoms with van der Waals surface area (Å²) in [4.78, 5) is 11.7. The van der Waals surface area contributed by atoms with Crippen LogP contribution in [0.4, 0.5) is 0 Å². The summed E-state index contributed by atoms with van der Waals surface area (Å²) in [6.45, 7) is 4.00. The Morgan fingerprint density at radius 1 is 0.950 bits per heavy atom. The van der Waals surface area contributed by atoms with Crippen molar-refractivity contribution < 1.29 is 4.79 Å². The first-order chi connectivity index (χ1) is 9.81. The molecule has 0 spiro atoms. The normalized spacial score (nSPS) is 11.9. The molecule has 2 aromatic carbocycles. The Labute approximate surface area is 120 Å². The highest BCUT2D eigenvalue weighted by molar-refractivity contribution is 5.83. The third-order valence-corrected chi connectivity index (χ3v) is 3.63. The zero-order valence-corrected chi connectivity index (χ0v) is 12.3. The average Bonchev–Trinajstić information content (AvgIpc) is 2.84. The Morgan fingerprint density at radius 2 is 1.40 bits per heavy atom. The Hall–Kier alpha value is -2.09. The smallest absolute Gasteiger partial charge is 0.220 e. The van der Waals surface area contributed by atoms with Gasteiger partial charge in [-0.05, 0) is 22.3 Å². The van der Waals surface area contributed by atoms with Gasteiger partial charge < -0.3 is 5.32 Å². The summed E-state index contributed by atoms with van der Waals surface area (Å²) in [5.74, 6) is 0.281. The Bertz CT molecular complexity index is 558. The second kappa shape index (κ2) is 6.38. The number of rotatable bonds is 2. The van der Waals surface area contributed by atoms with Crippen LogP contribution in [0, 0.1) is 0 Å². The molecular weight excluding hydrogens is 246 g/mol. The molecule has 2 nitrogen and oxygen atoms in total. The third kappa shape index (κ3) is 2.46. The molecule has 0 aromatic heterocycles. The summed E-state index contributed by atoms with van der Waals surface area (Å²) in [5, 5.41) is 2.71. The molecule has 0 aliphatic heterocycles. The van der Waals surface area contributed by atoms with Gasteiger partial charge in [-0.2, -0.15) is 0 Å². The Balaban J connectivity index is 0.000000704. The molecule has 2 aromatic rings. The topological polar surface area (TPSA) is 29.1 Å². The molecule has 0 saturated heterocycles. The van der Waals surface area contributed by atoms with Crippen molar-refractivity contribution in [2.24, 2.45) is 0 Å². The molecule has 0 bridgehead atoms. The molecule has 104 valence electrons. The molecule has 1 aliphatic carbocycles. The van der Waals surface area contributed by atoms with Gasteiger partial charge in [0.25, 0.3) is 0 Å². The van der Waals surface area contributed by atoms with Gasteiger partial charge >= 0.3 is 0 Å². The Kier molecular flexibility index (Phi) is 4.57. The van der Waals surface area contributed by atoms with Crippen LogP contribution in [0.25, 0.3) is 11.1 Å². The average molecular weight is 267 g/mol. The summed E-state index contributed by atoms with van der Waals surface area (Å²) in [6, 6.07) is 16.7. The first-order valence-electron chi connectivity index (χ1n) is 7.20. The van der Waals surface area contributed by atoms with E-state index in [4.69, 9.17) is 0 Å². The maximum atomic E-state index is 11.7. The van der Waals surface area contributed by atoms with Gasteiger partial charge in [0.15, 0.2) is 0 Å². The van der Waals surface area contributed by atoms with Crippen molar-refractivity contribution in [3.05, 3.63) is 59.7 Å². The van der Waals surface area contributed by atoms with Crippen LogP contribution in [0.2, 0.25) is 0 Å². The lowest BCUT2D eigenvalue weighted by atomic mass is 9.93. The van der Waals surface area contributed by atoms with Gasteiger partial charge in [0.1, 0.15) is 0 Å². The van der Waals surface area contributed by atoms with Crippen LogP contribution in [0.5, 0.6) is 0 Å². The van der Waals surface area contributed by atoms with E-state index in [0.717, 1.165) is 0 Å². The quantitative estimate of drug-likeness (QED) is 0.876. The van der Waals surface area contributed by atoms with E-state index < -0.39 is 0 Å². The van der Waals surface area contributed by atoms with Gasteiger partial charge in [-0.15, -0.1) is 0 Å². The molecule has 20 heavy (non-hydrogen) atoms. The third-order valence-electron chi connectivity index (χ3n) is 3.63. The SMILES string of the molecule is CC.CNC(=O)CC1c2ccccc2-c2ccccc21. The molecule has 2 heteroatoms. The number of amides is 1. The first kappa shape index (κ1) is 14.3. The number of carbonyl (C=O) groups excluding carboxylic acids is 1. The van der Waals surface area contributed by atoms with E-state index in [1.165, 1.54) is 22.3 Å². The maximum absolute atomic E-state index is 11.7. The van der Waals surface area contributed by atoms with Crippen LogP contribution in [-0.2, 0) is 4.79 Å². The van der Waals surface area contributed by atoms with Crippen molar-refractivity contribution in [2.45, 2.75) is 26.2 Å². The number of carbonyl (C=O) groups is 1. The molecule has 3 rings (SSSR count). The number of nitrogens with one attached hydrogen (secondary N) is 1. The fourth-order valence-electron chi connectivity index (χ4n) is 2.77. The molecule has 0 unspecified atom stereocenters. The summed E-state index contributed by atoms with van der Waals surface area (Å²) in [5.41, 5.74) is 5.06. The van der Waals surface area contributed by atoms with Gasteiger partial charge in [-0.3, -0.25) is 4.79 Å². The lowest BCUT2D eigenvalue weighted by Gasteiger charge is -2.12. The molecular formula is C18H21NO. The van der Waals surface area contributed by atoms with E-state index >= 15 is 0 Å². The molecule has 1 amide bonds. The second-order valence-corrected chi connectivity index (χ2v) is 4.60. The van der Waals surface area contributed by atoms with Crippen LogP contribution >= 0.6 is 0 Å². The summed E-state index contributed by atoms with van der Waals surface area (Å²) >= 11 is 0. The van der Waals surface area contributed by atoms with Gasteiger partial charge in [0.2, 0.25) is 5.91 Å². The highest BCUT2D eigenvalue weighted by Gasteiger charge is 2.29. The minimum atomic E-state index is 0.0894. The number of hydrogen-bond acceptors (Lipinski definition) is 1. The monoisotopic (exact) mass is 267 g/mol. The summed E-state index contributed by atoms with van der Waals surface area (Å²) < 4.78 is 0. The first-order valence-corrected chi connectivity index (χ1v) is 7.20. The van der Waals surface area contributed by atoms with E-state index in [-0.39, 0.29) is 11.8 Å². The van der Waals surface area contributed by atoms with Gasteiger partial charge in [0, 0.05) is 19.4 Å². The van der Waals surface area contributed by atoms with Crippen molar-refractivity contribution in [3.8, 4) is 11.1 Å². The predicted molar refractivity (Wildman–Crippen MR) is 83.8 cm³/mol. The number of hydrogen-bond donors (Lipinski definition) is 1. The van der Waals surface area contributed by atoms with Gasteiger partial charge in [0.05, 0.1) is 0 Å². The van der Waals surface area contributed by atoms with E-state index in [0.29, 0.717) is 6.42 Å². The maximum Gasteiger partial charge on any atom is 0.220 e. The van der Waals surface area contributed by atoms with Gasteiger partial charge in [-0.1, -0.05) is 62.4 Å². The highest BCUT2D eigenvalue weighted by Crippen LogP contribution is 2.45. The van der Waals surface area contributed by atoms with E-state index in [1.54, 1.807) is 7.05 Å². The fourth-order valence-corrected chi connectivity index (χ4v) is 2.77. The fraction of sp³-hybridized carbons (Fsp3) is 0.278. The zero-order valence-electron chi connectivity index (χ0n) is 12.3. The van der Waals surface area contributed by atoms with Crippen LogP contribution in [-0.4, -0.2) is 13.0 Å². The molecule has 0 radical (unpaired) electrons. The molecule has 0 fully saturated rings. The molecule has 0 saturated carbocycles. The van der Waals surface area contributed by atoms with Crippen molar-refractivity contribution in [1.82, 2.24) is 5.32 Å². The zero-order chi connectivity index (χ0) is 14.5. The van der Waals surface area contributed by atoms with Crippen LogP contribution in [0.3, 0.4) is 0 Å². The van der Waals surface area contributed by atoms with E-state index in [2.05, 4.69) is 41.7 Å². The summed E-state index contributed by atoms with van der Waals surface area (Å²) in [6.07, 6.45) is 0.518. The Morgan fingerprint density at radius 3 is 1.85 bits per heavy atom. The van der Waals surface area contributed by atoms with Crippen molar-refractivity contribution in [2.75, 3.05) is 7.05 Å². The standard InChI is InChI=1S/C16H15NO.C2H6/c1-17-16(18)10-15-13-8-4-2-6-11(13)12-7-3-5-9-14(12)15;1-2/h2-9,15H,10H2,1H3,(H,17,18);1-2H3. The molecule has 0 atom stereocenters. The minimum absolute atomic E-state index is 0.0894. The van der Waals surface area contributed by atoms with Crippen molar-refractivity contribution >= 4 is 5.91 Å². The highest BCUT2D eigenvalue weighted by atomic mass is 16.1. The lowest BCUT2D eigenvalue weighted by molar-refractivity contribution is -0.120. The number of fused-ring (bicyclic) bond motifs is 3. The summed E-state index contributed by atoms with van der Waals surface area (Å²) in [7, 11) is 1.69. The molecule has 1 N–H and O–H groups in total. The lowest BCUT2D eigenvalue weighted by Crippen LogP contribution is -2.20. The molecule has 0 heterocycles. The van der Waals surface area contributed by atoms with Crippen LogP contribution in [0.15, 0.2) is 48.5 Å². The predicted octanol–water partition coefficient (Wildman–Crippen LogP) is 3.96. The van der Waals surface area contributed by atoms with Crippen molar-refractivity contribution in [1.29, 1.82) is 0 Å². The van der Waals surface area contributed by atoms with Crippen molar-refractivity contribution in [3.63, 3.8) is 0 Å². The largest absolute Gasteiger partial charge is 0.359 e.